The Kier molecular flexibility index (Phi) is 6.38. The lowest BCUT2D eigenvalue weighted by molar-refractivity contribution is 0.128. The van der Waals surface area contributed by atoms with Crippen LogP contribution in [0.5, 0.6) is 0 Å². The van der Waals surface area contributed by atoms with Crippen molar-refractivity contribution in [1.29, 1.82) is 0 Å². The van der Waals surface area contributed by atoms with Crippen molar-refractivity contribution in [2.45, 2.75) is 33.3 Å². The third-order valence-corrected chi connectivity index (χ3v) is 4.16. The number of aliphatic hydroxyl groups excluding tert-OH is 1. The maximum absolute atomic E-state index is 12.5. The first kappa shape index (κ1) is 18.0. The van der Waals surface area contributed by atoms with E-state index in [-0.39, 0.29) is 12.6 Å². The number of likely N-dealkylation sites (N-methyl/N-ethyl adjacent to an activating group) is 1. The number of benzene rings is 2. The molecule has 2 amide bonds. The summed E-state index contributed by atoms with van der Waals surface area (Å²) >= 11 is 0. The van der Waals surface area contributed by atoms with E-state index < -0.39 is 6.10 Å². The van der Waals surface area contributed by atoms with Crippen molar-refractivity contribution < 1.29 is 9.90 Å². The van der Waals surface area contributed by atoms with Crippen molar-refractivity contribution in [3.8, 4) is 0 Å². The molecule has 0 aromatic heterocycles. The van der Waals surface area contributed by atoms with Crippen molar-refractivity contribution in [3.05, 3.63) is 65.2 Å². The zero-order valence-corrected chi connectivity index (χ0v) is 14.6. The lowest BCUT2D eigenvalue weighted by Gasteiger charge is -2.25. The maximum atomic E-state index is 12.5. The Labute approximate surface area is 144 Å². The molecular formula is C20H26N2O2. The Hall–Kier alpha value is -2.33. The zero-order valence-electron chi connectivity index (χ0n) is 14.6. The van der Waals surface area contributed by atoms with Gasteiger partial charge in [-0.3, -0.25) is 0 Å². The van der Waals surface area contributed by atoms with Gasteiger partial charge in [-0.25, -0.2) is 4.79 Å². The Bertz CT molecular complexity index is 668. The fourth-order valence-electron chi connectivity index (χ4n) is 2.60. The number of para-hydroxylation sites is 1. The molecule has 2 rings (SSSR count). The maximum Gasteiger partial charge on any atom is 0.321 e. The quantitative estimate of drug-likeness (QED) is 0.838. The molecule has 2 N–H and O–H groups in total. The lowest BCUT2D eigenvalue weighted by atomic mass is 10.1. The van der Waals surface area contributed by atoms with E-state index in [0.717, 1.165) is 28.8 Å². The number of carbonyl (C=O) groups is 1. The summed E-state index contributed by atoms with van der Waals surface area (Å²) in [4.78, 5) is 14.2. The molecule has 0 saturated carbocycles. The molecule has 0 fully saturated rings. The highest BCUT2D eigenvalue weighted by molar-refractivity contribution is 5.90. The van der Waals surface area contributed by atoms with Crippen LogP contribution in [0.3, 0.4) is 0 Å². The van der Waals surface area contributed by atoms with Crippen LogP contribution in [0.15, 0.2) is 48.5 Å². The summed E-state index contributed by atoms with van der Waals surface area (Å²) in [5.41, 5.74) is 3.89. The van der Waals surface area contributed by atoms with Gasteiger partial charge in [0.05, 0.1) is 12.6 Å². The molecule has 0 aliphatic rings. The molecule has 24 heavy (non-hydrogen) atoms. The van der Waals surface area contributed by atoms with Gasteiger partial charge < -0.3 is 15.3 Å². The van der Waals surface area contributed by atoms with Gasteiger partial charge in [-0.1, -0.05) is 55.0 Å². The topological polar surface area (TPSA) is 52.6 Å². The first-order valence-electron chi connectivity index (χ1n) is 8.43. The fraction of sp³-hybridized carbons (Fsp3) is 0.350. The molecular weight excluding hydrogens is 300 g/mol. The molecule has 4 heteroatoms. The number of rotatable bonds is 6. The van der Waals surface area contributed by atoms with Gasteiger partial charge >= 0.3 is 6.03 Å². The number of hydrogen-bond donors (Lipinski definition) is 2. The summed E-state index contributed by atoms with van der Waals surface area (Å²) in [5.74, 6) is 0. The van der Waals surface area contributed by atoms with Crippen molar-refractivity contribution in [2.75, 3.05) is 18.4 Å². The summed E-state index contributed by atoms with van der Waals surface area (Å²) < 4.78 is 0. The highest BCUT2D eigenvalue weighted by Gasteiger charge is 2.18. The van der Waals surface area contributed by atoms with Gasteiger partial charge in [0.15, 0.2) is 0 Å². The van der Waals surface area contributed by atoms with Crippen LogP contribution in [-0.4, -0.2) is 29.1 Å². The number of urea groups is 1. The number of aliphatic hydroxyl groups is 1. The van der Waals surface area contributed by atoms with Gasteiger partial charge in [-0.15, -0.1) is 0 Å². The van der Waals surface area contributed by atoms with Crippen LogP contribution in [0.4, 0.5) is 10.5 Å². The first-order chi connectivity index (χ1) is 11.5. The standard InChI is InChI=1S/C20H26N2O2/c1-4-16-8-6-7-9-18(16)21-20(24)22(5-2)14-19(23)17-12-10-15(3)11-13-17/h6-13,19,23H,4-5,14H2,1-3H3,(H,21,24). The molecule has 128 valence electrons. The van der Waals surface area contributed by atoms with Crippen LogP contribution in [0.25, 0.3) is 0 Å². The molecule has 1 unspecified atom stereocenters. The predicted molar refractivity (Wildman–Crippen MR) is 98.2 cm³/mol. The molecule has 4 nitrogen and oxygen atoms in total. The Morgan fingerprint density at radius 1 is 1.12 bits per heavy atom. The minimum atomic E-state index is -0.697. The number of nitrogens with one attached hydrogen (secondary N) is 1. The minimum absolute atomic E-state index is 0.190. The van der Waals surface area contributed by atoms with Gasteiger partial charge in [0.2, 0.25) is 0 Å². The van der Waals surface area contributed by atoms with Gasteiger partial charge in [-0.2, -0.15) is 0 Å². The third-order valence-electron chi connectivity index (χ3n) is 4.16. The number of amides is 2. The normalized spacial score (nSPS) is 11.8. The van der Waals surface area contributed by atoms with Crippen LogP contribution in [0.2, 0.25) is 0 Å². The summed E-state index contributed by atoms with van der Waals surface area (Å²) in [6, 6.07) is 15.3. The molecule has 2 aromatic rings. The second-order valence-corrected chi connectivity index (χ2v) is 5.91. The van der Waals surface area contributed by atoms with Crippen molar-refractivity contribution in [3.63, 3.8) is 0 Å². The molecule has 0 aliphatic heterocycles. The SMILES string of the molecule is CCc1ccccc1NC(=O)N(CC)CC(O)c1ccc(C)cc1. The van der Waals surface area contributed by atoms with Crippen LogP contribution < -0.4 is 5.32 Å². The summed E-state index contributed by atoms with van der Waals surface area (Å²) in [7, 11) is 0. The molecule has 0 spiro atoms. The Balaban J connectivity index is 2.04. The van der Waals surface area contributed by atoms with E-state index in [0.29, 0.717) is 6.54 Å². The van der Waals surface area contributed by atoms with Gasteiger partial charge in [-0.05, 0) is 37.5 Å². The van der Waals surface area contributed by atoms with E-state index in [1.165, 1.54) is 0 Å². The molecule has 0 radical (unpaired) electrons. The highest BCUT2D eigenvalue weighted by atomic mass is 16.3. The second kappa shape index (κ2) is 8.50. The van der Waals surface area contributed by atoms with Gasteiger partial charge in [0.25, 0.3) is 0 Å². The Morgan fingerprint density at radius 2 is 1.79 bits per heavy atom. The molecule has 1 atom stereocenters. The first-order valence-corrected chi connectivity index (χ1v) is 8.43. The number of carbonyl (C=O) groups excluding carboxylic acids is 1. The van der Waals surface area contributed by atoms with Crippen LogP contribution >= 0.6 is 0 Å². The lowest BCUT2D eigenvalue weighted by Crippen LogP contribution is -2.38. The molecule has 0 heterocycles. The number of anilines is 1. The average molecular weight is 326 g/mol. The fourth-order valence-corrected chi connectivity index (χ4v) is 2.60. The third kappa shape index (κ3) is 4.59. The number of aryl methyl sites for hydroxylation is 2. The predicted octanol–water partition coefficient (Wildman–Crippen LogP) is 4.14. The van der Waals surface area contributed by atoms with E-state index in [4.69, 9.17) is 0 Å². The van der Waals surface area contributed by atoms with E-state index in [1.54, 1.807) is 4.90 Å². The van der Waals surface area contributed by atoms with Crippen LogP contribution in [-0.2, 0) is 6.42 Å². The summed E-state index contributed by atoms with van der Waals surface area (Å²) in [6.07, 6.45) is 0.159. The summed E-state index contributed by atoms with van der Waals surface area (Å²) in [6.45, 7) is 6.77. The average Bonchev–Trinajstić information content (AvgIpc) is 2.60. The van der Waals surface area contributed by atoms with Crippen LogP contribution in [0, 0.1) is 6.92 Å². The highest BCUT2D eigenvalue weighted by Crippen LogP contribution is 2.18. The summed E-state index contributed by atoms with van der Waals surface area (Å²) in [5, 5.41) is 13.4. The minimum Gasteiger partial charge on any atom is -0.387 e. The van der Waals surface area contributed by atoms with E-state index in [2.05, 4.69) is 12.2 Å². The van der Waals surface area contributed by atoms with E-state index in [1.807, 2.05) is 62.4 Å². The molecule has 0 saturated heterocycles. The van der Waals surface area contributed by atoms with Crippen molar-refractivity contribution >= 4 is 11.7 Å². The largest absolute Gasteiger partial charge is 0.387 e. The van der Waals surface area contributed by atoms with Gasteiger partial charge in [0.1, 0.15) is 0 Å². The molecule has 0 bridgehead atoms. The molecule has 2 aromatic carbocycles. The smallest absolute Gasteiger partial charge is 0.321 e. The van der Waals surface area contributed by atoms with Crippen molar-refractivity contribution in [1.82, 2.24) is 4.90 Å². The van der Waals surface area contributed by atoms with Crippen LogP contribution in [0.1, 0.15) is 36.6 Å². The molecule has 0 aliphatic carbocycles. The monoisotopic (exact) mass is 326 g/mol. The van der Waals surface area contributed by atoms with Gasteiger partial charge in [0, 0.05) is 12.2 Å². The number of nitrogens with zero attached hydrogens (tertiary/aromatic N) is 1. The Morgan fingerprint density at radius 3 is 2.42 bits per heavy atom. The van der Waals surface area contributed by atoms with E-state index in [9.17, 15) is 9.90 Å². The van der Waals surface area contributed by atoms with Crippen molar-refractivity contribution in [2.24, 2.45) is 0 Å². The zero-order chi connectivity index (χ0) is 17.5. The second-order valence-electron chi connectivity index (χ2n) is 5.91. The van der Waals surface area contributed by atoms with E-state index >= 15 is 0 Å². The number of hydrogen-bond acceptors (Lipinski definition) is 2.